The first-order valence-corrected chi connectivity index (χ1v) is 10.1. The van der Waals surface area contributed by atoms with E-state index in [0.29, 0.717) is 34.5 Å². The van der Waals surface area contributed by atoms with Gasteiger partial charge in [-0.2, -0.15) is 0 Å². The lowest BCUT2D eigenvalue weighted by Gasteiger charge is -2.10. The number of hydrogen-bond acceptors (Lipinski definition) is 7. The topological polar surface area (TPSA) is 107 Å². The van der Waals surface area contributed by atoms with Crippen LogP contribution in [0.3, 0.4) is 0 Å². The second-order valence-electron chi connectivity index (χ2n) is 6.21. The third kappa shape index (κ3) is 5.11. The van der Waals surface area contributed by atoms with Gasteiger partial charge in [-0.1, -0.05) is 41.6 Å². The van der Waals surface area contributed by atoms with Crippen LogP contribution in [0.1, 0.15) is 16.8 Å². The SMILES string of the molecule is COc1ccc(Cc2nc(SCc3ccc([N+](=O)[O-])cc3)[nH]c(=O)c2Cl)cc1OC. The monoisotopic (exact) mass is 447 g/mol. The number of H-pyrrole nitrogens is 1. The highest BCUT2D eigenvalue weighted by Crippen LogP contribution is 2.29. The van der Waals surface area contributed by atoms with Crippen LogP contribution in [0.2, 0.25) is 5.02 Å². The van der Waals surface area contributed by atoms with Crippen LogP contribution in [0.15, 0.2) is 52.4 Å². The Morgan fingerprint density at radius 1 is 1.10 bits per heavy atom. The molecule has 0 spiro atoms. The molecule has 0 aliphatic rings. The molecule has 3 aromatic rings. The lowest BCUT2D eigenvalue weighted by molar-refractivity contribution is -0.384. The van der Waals surface area contributed by atoms with Crippen molar-refractivity contribution in [3.63, 3.8) is 0 Å². The molecule has 8 nitrogen and oxygen atoms in total. The van der Waals surface area contributed by atoms with E-state index in [-0.39, 0.29) is 10.7 Å². The summed E-state index contributed by atoms with van der Waals surface area (Å²) in [6.07, 6.45) is 0.341. The number of nitro groups is 1. The van der Waals surface area contributed by atoms with Crippen LogP contribution in [0.4, 0.5) is 5.69 Å². The Kier molecular flexibility index (Phi) is 6.96. The molecule has 1 aromatic heterocycles. The van der Waals surface area contributed by atoms with E-state index in [9.17, 15) is 14.9 Å². The van der Waals surface area contributed by atoms with Crippen molar-refractivity contribution in [2.75, 3.05) is 14.2 Å². The first-order chi connectivity index (χ1) is 14.4. The lowest BCUT2D eigenvalue weighted by Crippen LogP contribution is -2.13. The quantitative estimate of drug-likeness (QED) is 0.238. The smallest absolute Gasteiger partial charge is 0.270 e. The van der Waals surface area contributed by atoms with Gasteiger partial charge in [-0.05, 0) is 23.3 Å². The van der Waals surface area contributed by atoms with E-state index in [1.54, 1.807) is 32.4 Å². The summed E-state index contributed by atoms with van der Waals surface area (Å²) in [6.45, 7) is 0. The van der Waals surface area contributed by atoms with Crippen LogP contribution >= 0.6 is 23.4 Å². The van der Waals surface area contributed by atoms with Crippen LogP contribution in [0, 0.1) is 10.1 Å². The Morgan fingerprint density at radius 3 is 2.40 bits per heavy atom. The highest BCUT2D eigenvalue weighted by atomic mass is 35.5. The number of nitro benzene ring substituents is 1. The second kappa shape index (κ2) is 9.64. The molecule has 0 saturated heterocycles. The summed E-state index contributed by atoms with van der Waals surface area (Å²) in [5, 5.41) is 11.2. The molecule has 1 heterocycles. The predicted molar refractivity (Wildman–Crippen MR) is 115 cm³/mol. The molecule has 1 N–H and O–H groups in total. The van der Waals surface area contributed by atoms with Gasteiger partial charge in [-0.3, -0.25) is 14.9 Å². The van der Waals surface area contributed by atoms with E-state index in [0.717, 1.165) is 11.1 Å². The van der Waals surface area contributed by atoms with Crippen LogP contribution in [0.5, 0.6) is 11.5 Å². The van der Waals surface area contributed by atoms with E-state index in [1.807, 2.05) is 12.1 Å². The molecule has 0 aliphatic heterocycles. The van der Waals surface area contributed by atoms with Crippen molar-refractivity contribution >= 4 is 29.1 Å². The van der Waals surface area contributed by atoms with Crippen molar-refractivity contribution < 1.29 is 14.4 Å². The van der Waals surface area contributed by atoms with Gasteiger partial charge in [0.1, 0.15) is 5.02 Å². The zero-order valence-corrected chi connectivity index (χ0v) is 17.7. The van der Waals surface area contributed by atoms with Gasteiger partial charge in [0, 0.05) is 24.3 Å². The average Bonchev–Trinajstić information content (AvgIpc) is 2.75. The zero-order chi connectivity index (χ0) is 21.7. The molecule has 30 heavy (non-hydrogen) atoms. The maximum atomic E-state index is 12.2. The Hall–Kier alpha value is -3.04. The molecule has 0 fully saturated rings. The number of ether oxygens (including phenoxy) is 2. The van der Waals surface area contributed by atoms with E-state index in [1.165, 1.54) is 23.9 Å². The fraction of sp³-hybridized carbons (Fsp3) is 0.200. The van der Waals surface area contributed by atoms with Crippen molar-refractivity contribution in [1.29, 1.82) is 0 Å². The maximum absolute atomic E-state index is 12.2. The third-order valence-electron chi connectivity index (χ3n) is 4.25. The standard InChI is InChI=1S/C20H18ClN3O5S/c1-28-16-8-5-13(10-17(16)29-2)9-15-18(21)19(25)23-20(22-15)30-11-12-3-6-14(7-4-12)24(26)27/h3-8,10H,9,11H2,1-2H3,(H,22,23,25). The Balaban J connectivity index is 1.78. The molecule has 156 valence electrons. The van der Waals surface area contributed by atoms with E-state index in [4.69, 9.17) is 21.1 Å². The van der Waals surface area contributed by atoms with Crippen LogP contribution < -0.4 is 15.0 Å². The highest BCUT2D eigenvalue weighted by molar-refractivity contribution is 7.98. The zero-order valence-electron chi connectivity index (χ0n) is 16.2. The summed E-state index contributed by atoms with van der Waals surface area (Å²) in [5.74, 6) is 1.66. The molecule has 0 radical (unpaired) electrons. The minimum Gasteiger partial charge on any atom is -0.493 e. The number of nitrogens with zero attached hydrogens (tertiary/aromatic N) is 2. The van der Waals surface area contributed by atoms with Gasteiger partial charge in [-0.25, -0.2) is 4.98 Å². The van der Waals surface area contributed by atoms with Crippen molar-refractivity contribution in [2.24, 2.45) is 0 Å². The number of nitrogens with one attached hydrogen (secondary N) is 1. The number of benzene rings is 2. The number of aromatic nitrogens is 2. The first kappa shape index (κ1) is 21.7. The van der Waals surface area contributed by atoms with Gasteiger partial charge < -0.3 is 14.5 Å². The molecule has 10 heteroatoms. The Bertz CT molecular complexity index is 1120. The van der Waals surface area contributed by atoms with Crippen molar-refractivity contribution in [3.8, 4) is 11.5 Å². The number of halogens is 1. The van der Waals surface area contributed by atoms with Gasteiger partial charge in [0.25, 0.3) is 11.2 Å². The first-order valence-electron chi connectivity index (χ1n) is 8.77. The number of hydrogen-bond donors (Lipinski definition) is 1. The summed E-state index contributed by atoms with van der Waals surface area (Å²) in [6, 6.07) is 11.7. The summed E-state index contributed by atoms with van der Waals surface area (Å²) in [5.41, 5.74) is 1.77. The van der Waals surface area contributed by atoms with Crippen molar-refractivity contribution in [1.82, 2.24) is 9.97 Å². The minimum atomic E-state index is -0.449. The molecule has 0 amide bonds. The third-order valence-corrected chi connectivity index (χ3v) is 5.59. The number of methoxy groups -OCH3 is 2. The molecule has 3 rings (SSSR count). The summed E-state index contributed by atoms with van der Waals surface area (Å²) in [4.78, 5) is 29.7. The molecule has 2 aromatic carbocycles. The van der Waals surface area contributed by atoms with Crippen LogP contribution in [0.25, 0.3) is 0 Å². The fourth-order valence-electron chi connectivity index (χ4n) is 2.72. The number of non-ortho nitro benzene ring substituents is 1. The molecule has 0 aliphatic carbocycles. The van der Waals surface area contributed by atoms with E-state index in [2.05, 4.69) is 9.97 Å². The second-order valence-corrected chi connectivity index (χ2v) is 7.55. The van der Waals surface area contributed by atoms with Gasteiger partial charge in [0.05, 0.1) is 24.8 Å². The number of aromatic amines is 1. The van der Waals surface area contributed by atoms with Gasteiger partial charge in [0.15, 0.2) is 16.7 Å². The average molecular weight is 448 g/mol. The lowest BCUT2D eigenvalue weighted by atomic mass is 10.1. The molecular weight excluding hydrogens is 430 g/mol. The molecule has 0 saturated carbocycles. The Morgan fingerprint density at radius 2 is 1.77 bits per heavy atom. The Labute approximate surface area is 181 Å². The highest BCUT2D eigenvalue weighted by Gasteiger charge is 2.13. The van der Waals surface area contributed by atoms with Crippen molar-refractivity contribution in [3.05, 3.63) is 84.8 Å². The molecule has 0 bridgehead atoms. The number of thioether (sulfide) groups is 1. The maximum Gasteiger partial charge on any atom is 0.270 e. The van der Waals surface area contributed by atoms with Crippen molar-refractivity contribution in [2.45, 2.75) is 17.3 Å². The van der Waals surface area contributed by atoms with Gasteiger partial charge in [-0.15, -0.1) is 0 Å². The fourth-order valence-corrected chi connectivity index (χ4v) is 3.71. The van der Waals surface area contributed by atoms with Crippen LogP contribution in [-0.4, -0.2) is 29.1 Å². The van der Waals surface area contributed by atoms with Gasteiger partial charge >= 0.3 is 0 Å². The molecule has 0 atom stereocenters. The van der Waals surface area contributed by atoms with Crippen LogP contribution in [-0.2, 0) is 12.2 Å². The van der Waals surface area contributed by atoms with Gasteiger partial charge in [0.2, 0.25) is 0 Å². The number of rotatable bonds is 8. The largest absolute Gasteiger partial charge is 0.493 e. The normalized spacial score (nSPS) is 10.6. The van der Waals surface area contributed by atoms with E-state index >= 15 is 0 Å². The van der Waals surface area contributed by atoms with E-state index < -0.39 is 10.5 Å². The predicted octanol–water partition coefficient (Wildman–Crippen LogP) is 4.23. The summed E-state index contributed by atoms with van der Waals surface area (Å²) in [7, 11) is 3.11. The minimum absolute atomic E-state index is 0.0268. The summed E-state index contributed by atoms with van der Waals surface area (Å²) < 4.78 is 10.5. The molecule has 0 unspecified atom stereocenters. The summed E-state index contributed by atoms with van der Waals surface area (Å²) >= 11 is 7.49. The molecular formula is C20H18ClN3O5S.